The molecule has 0 saturated carbocycles. The SMILES string of the molecule is O=C(COc1ccc(F)cc1Cl)NCc1ccccc1C[NH+]1CCCC1. The van der Waals surface area contributed by atoms with Crippen molar-refractivity contribution in [2.75, 3.05) is 19.7 Å². The van der Waals surface area contributed by atoms with Crippen molar-refractivity contribution >= 4 is 17.5 Å². The summed E-state index contributed by atoms with van der Waals surface area (Å²) in [6, 6.07) is 12.0. The fraction of sp³-hybridized carbons (Fsp3) is 0.350. The molecule has 138 valence electrons. The minimum absolute atomic E-state index is 0.150. The predicted molar refractivity (Wildman–Crippen MR) is 98.8 cm³/mol. The van der Waals surface area contributed by atoms with Gasteiger partial charge in [-0.1, -0.05) is 35.9 Å². The average molecular weight is 378 g/mol. The van der Waals surface area contributed by atoms with E-state index in [2.05, 4.69) is 11.4 Å². The van der Waals surface area contributed by atoms with Crippen molar-refractivity contribution in [3.63, 3.8) is 0 Å². The number of amides is 1. The van der Waals surface area contributed by atoms with Crippen LogP contribution in [0, 0.1) is 5.82 Å². The average Bonchev–Trinajstić information content (AvgIpc) is 3.13. The van der Waals surface area contributed by atoms with E-state index in [1.807, 2.05) is 18.2 Å². The normalized spacial score (nSPS) is 14.4. The molecule has 0 aliphatic carbocycles. The maximum atomic E-state index is 13.0. The molecule has 0 aromatic heterocycles. The number of likely N-dealkylation sites (tertiary alicyclic amines) is 1. The Morgan fingerprint density at radius 3 is 2.62 bits per heavy atom. The van der Waals surface area contributed by atoms with Gasteiger partial charge in [0.15, 0.2) is 6.61 Å². The zero-order chi connectivity index (χ0) is 18.4. The molecule has 2 aromatic carbocycles. The molecular formula is C20H23ClFN2O2+. The van der Waals surface area contributed by atoms with Crippen LogP contribution >= 0.6 is 11.6 Å². The van der Waals surface area contributed by atoms with E-state index in [-0.39, 0.29) is 17.5 Å². The molecule has 2 aromatic rings. The number of carbonyl (C=O) groups is 1. The second kappa shape index (κ2) is 9.01. The number of halogens is 2. The standard InChI is InChI=1S/C20H22ClFN2O2/c21-18-11-17(22)7-8-19(18)26-14-20(25)23-12-15-5-1-2-6-16(15)13-24-9-3-4-10-24/h1-2,5-8,11H,3-4,9-10,12-14H2,(H,23,25)/p+1. The van der Waals surface area contributed by atoms with Crippen LogP contribution in [0.15, 0.2) is 42.5 Å². The number of nitrogens with one attached hydrogen (secondary N) is 2. The Balaban J connectivity index is 1.51. The lowest BCUT2D eigenvalue weighted by Gasteiger charge is -2.15. The van der Waals surface area contributed by atoms with E-state index in [1.54, 1.807) is 4.90 Å². The summed E-state index contributed by atoms with van der Waals surface area (Å²) in [7, 11) is 0. The molecule has 3 rings (SSSR count). The highest BCUT2D eigenvalue weighted by molar-refractivity contribution is 6.32. The Labute approximate surface area is 157 Å². The lowest BCUT2D eigenvalue weighted by Crippen LogP contribution is -3.08. The largest absolute Gasteiger partial charge is 0.482 e. The second-order valence-electron chi connectivity index (χ2n) is 6.54. The van der Waals surface area contributed by atoms with Crippen LogP contribution in [0.3, 0.4) is 0 Å². The van der Waals surface area contributed by atoms with Crippen LogP contribution in [0.1, 0.15) is 24.0 Å². The fourth-order valence-corrected chi connectivity index (χ4v) is 3.43. The lowest BCUT2D eigenvalue weighted by molar-refractivity contribution is -0.901. The van der Waals surface area contributed by atoms with E-state index in [0.717, 1.165) is 18.2 Å². The summed E-state index contributed by atoms with van der Waals surface area (Å²) in [5.41, 5.74) is 2.40. The molecule has 6 heteroatoms. The summed E-state index contributed by atoms with van der Waals surface area (Å²) in [6.07, 6.45) is 2.58. The first-order valence-corrected chi connectivity index (χ1v) is 9.24. The van der Waals surface area contributed by atoms with Crippen molar-refractivity contribution in [2.45, 2.75) is 25.9 Å². The number of benzene rings is 2. The third-order valence-electron chi connectivity index (χ3n) is 4.60. The summed E-state index contributed by atoms with van der Waals surface area (Å²) in [6.45, 7) is 3.72. The smallest absolute Gasteiger partial charge is 0.258 e. The van der Waals surface area contributed by atoms with Crippen molar-refractivity contribution in [1.82, 2.24) is 5.32 Å². The number of carbonyl (C=O) groups excluding carboxylic acids is 1. The highest BCUT2D eigenvalue weighted by Crippen LogP contribution is 2.24. The van der Waals surface area contributed by atoms with Crippen molar-refractivity contribution < 1.29 is 18.8 Å². The molecule has 1 aliphatic heterocycles. The molecule has 1 aliphatic rings. The van der Waals surface area contributed by atoms with Crippen LogP contribution in [-0.4, -0.2) is 25.6 Å². The lowest BCUT2D eigenvalue weighted by atomic mass is 10.1. The molecule has 26 heavy (non-hydrogen) atoms. The molecule has 0 bridgehead atoms. The minimum Gasteiger partial charge on any atom is -0.482 e. The van der Waals surface area contributed by atoms with Gasteiger partial charge in [-0.05, 0) is 23.8 Å². The van der Waals surface area contributed by atoms with Crippen LogP contribution < -0.4 is 15.0 Å². The maximum Gasteiger partial charge on any atom is 0.258 e. The summed E-state index contributed by atoms with van der Waals surface area (Å²) < 4.78 is 18.4. The molecule has 1 heterocycles. The first-order chi connectivity index (χ1) is 12.6. The van der Waals surface area contributed by atoms with Gasteiger partial charge in [0.2, 0.25) is 0 Å². The zero-order valence-electron chi connectivity index (χ0n) is 14.6. The molecule has 0 unspecified atom stereocenters. The van der Waals surface area contributed by atoms with E-state index in [4.69, 9.17) is 16.3 Å². The third kappa shape index (κ3) is 5.19. The molecule has 0 radical (unpaired) electrons. The van der Waals surface area contributed by atoms with Crippen LogP contribution in [0.25, 0.3) is 0 Å². The first-order valence-electron chi connectivity index (χ1n) is 8.87. The van der Waals surface area contributed by atoms with Gasteiger partial charge in [0.1, 0.15) is 18.1 Å². The van der Waals surface area contributed by atoms with Gasteiger partial charge in [0, 0.05) is 24.9 Å². The van der Waals surface area contributed by atoms with Crippen molar-refractivity contribution in [3.8, 4) is 5.75 Å². The van der Waals surface area contributed by atoms with Crippen LogP contribution in [0.5, 0.6) is 5.75 Å². The van der Waals surface area contributed by atoms with Gasteiger partial charge in [0.05, 0.1) is 18.1 Å². The van der Waals surface area contributed by atoms with Gasteiger partial charge < -0.3 is 15.0 Å². The van der Waals surface area contributed by atoms with Crippen molar-refractivity contribution in [1.29, 1.82) is 0 Å². The molecule has 0 atom stereocenters. The molecule has 4 nitrogen and oxygen atoms in total. The fourth-order valence-electron chi connectivity index (χ4n) is 3.20. The van der Waals surface area contributed by atoms with E-state index >= 15 is 0 Å². The van der Waals surface area contributed by atoms with E-state index in [1.165, 1.54) is 43.6 Å². The Morgan fingerprint density at radius 1 is 1.15 bits per heavy atom. The number of rotatable bonds is 7. The van der Waals surface area contributed by atoms with Crippen LogP contribution in [-0.2, 0) is 17.9 Å². The molecule has 1 fully saturated rings. The predicted octanol–water partition coefficient (Wildman–Crippen LogP) is 2.35. The first kappa shape index (κ1) is 18.7. The van der Waals surface area contributed by atoms with Gasteiger partial charge in [-0.15, -0.1) is 0 Å². The molecule has 0 spiro atoms. The summed E-state index contributed by atoms with van der Waals surface area (Å²) in [4.78, 5) is 13.7. The summed E-state index contributed by atoms with van der Waals surface area (Å²) in [5.74, 6) is -0.390. The summed E-state index contributed by atoms with van der Waals surface area (Å²) in [5, 5.41) is 3.02. The van der Waals surface area contributed by atoms with Gasteiger partial charge in [0.25, 0.3) is 5.91 Å². The summed E-state index contributed by atoms with van der Waals surface area (Å²) >= 11 is 5.89. The zero-order valence-corrected chi connectivity index (χ0v) is 15.3. The minimum atomic E-state index is -0.441. The highest BCUT2D eigenvalue weighted by atomic mass is 35.5. The number of quaternary nitrogens is 1. The Hall–Kier alpha value is -2.11. The third-order valence-corrected chi connectivity index (χ3v) is 4.89. The van der Waals surface area contributed by atoms with Crippen LogP contribution in [0.4, 0.5) is 4.39 Å². The number of hydrogen-bond acceptors (Lipinski definition) is 2. The van der Waals surface area contributed by atoms with Gasteiger partial charge in [-0.25, -0.2) is 4.39 Å². The van der Waals surface area contributed by atoms with E-state index in [0.29, 0.717) is 12.3 Å². The topological polar surface area (TPSA) is 42.8 Å². The Morgan fingerprint density at radius 2 is 1.88 bits per heavy atom. The molecule has 1 amide bonds. The van der Waals surface area contributed by atoms with Crippen molar-refractivity contribution in [3.05, 3.63) is 64.4 Å². The van der Waals surface area contributed by atoms with Crippen molar-refractivity contribution in [2.24, 2.45) is 0 Å². The van der Waals surface area contributed by atoms with Gasteiger partial charge in [-0.3, -0.25) is 4.79 Å². The quantitative estimate of drug-likeness (QED) is 0.778. The molecule has 2 N–H and O–H groups in total. The van der Waals surface area contributed by atoms with Gasteiger partial charge >= 0.3 is 0 Å². The molecule has 1 saturated heterocycles. The van der Waals surface area contributed by atoms with E-state index < -0.39 is 5.82 Å². The Bertz CT molecular complexity index is 763. The number of hydrogen-bond donors (Lipinski definition) is 2. The maximum absolute atomic E-state index is 13.0. The monoisotopic (exact) mass is 377 g/mol. The molecular weight excluding hydrogens is 355 g/mol. The van der Waals surface area contributed by atoms with Gasteiger partial charge in [-0.2, -0.15) is 0 Å². The second-order valence-corrected chi connectivity index (χ2v) is 6.95. The Kier molecular flexibility index (Phi) is 6.47. The number of ether oxygens (including phenoxy) is 1. The highest BCUT2D eigenvalue weighted by Gasteiger charge is 2.17. The van der Waals surface area contributed by atoms with Crippen LogP contribution in [0.2, 0.25) is 5.02 Å². The van der Waals surface area contributed by atoms with E-state index in [9.17, 15) is 9.18 Å².